The van der Waals surface area contributed by atoms with Gasteiger partial charge in [0.1, 0.15) is 0 Å². The van der Waals surface area contributed by atoms with E-state index < -0.39 is 12.3 Å². The topological polar surface area (TPSA) is 64.8 Å². The predicted molar refractivity (Wildman–Crippen MR) is 101 cm³/mol. The van der Waals surface area contributed by atoms with Crippen LogP contribution >= 0.6 is 0 Å². The number of rotatable bonds is 12. The van der Waals surface area contributed by atoms with Crippen molar-refractivity contribution in [2.75, 3.05) is 26.3 Å². The maximum Gasteiger partial charge on any atom is 0.240 e. The number of ether oxygens (including phenoxy) is 2. The smallest absolute Gasteiger partial charge is 0.240 e. The van der Waals surface area contributed by atoms with Gasteiger partial charge in [0.25, 0.3) is 0 Å². The molecule has 1 rings (SSSR count). The van der Waals surface area contributed by atoms with Crippen molar-refractivity contribution in [3.63, 3.8) is 0 Å². The molecule has 0 radical (unpaired) electrons. The van der Waals surface area contributed by atoms with Crippen molar-refractivity contribution >= 4 is 5.91 Å². The van der Waals surface area contributed by atoms with E-state index in [-0.39, 0.29) is 5.91 Å². The van der Waals surface area contributed by atoms with E-state index in [2.05, 4.69) is 13.8 Å². The van der Waals surface area contributed by atoms with Gasteiger partial charge in [0.05, 0.1) is 12.6 Å². The monoisotopic (exact) mass is 350 g/mol. The molecule has 0 aliphatic rings. The van der Waals surface area contributed by atoms with Crippen molar-refractivity contribution in [1.29, 1.82) is 0 Å². The fourth-order valence-electron chi connectivity index (χ4n) is 2.60. The molecule has 5 heteroatoms. The molecule has 1 amide bonds. The molecule has 142 valence electrons. The Hall–Kier alpha value is -1.43. The molecule has 5 nitrogen and oxygen atoms in total. The Labute approximate surface area is 152 Å². The number of hydrogen-bond acceptors (Lipinski definition) is 4. The molecule has 0 aliphatic carbocycles. The van der Waals surface area contributed by atoms with Gasteiger partial charge in [0.15, 0.2) is 6.29 Å². The van der Waals surface area contributed by atoms with Gasteiger partial charge in [-0.1, -0.05) is 44.2 Å². The number of benzene rings is 1. The lowest BCUT2D eigenvalue weighted by Crippen LogP contribution is -2.49. The zero-order valence-corrected chi connectivity index (χ0v) is 16.1. The Morgan fingerprint density at radius 2 is 1.72 bits per heavy atom. The number of hydrogen-bond donors (Lipinski definition) is 1. The highest BCUT2D eigenvalue weighted by Gasteiger charge is 2.24. The average Bonchev–Trinajstić information content (AvgIpc) is 2.59. The van der Waals surface area contributed by atoms with Crippen LogP contribution in [0.4, 0.5) is 0 Å². The number of carbonyl (C=O) groups excluding carboxylic acids is 1. The van der Waals surface area contributed by atoms with E-state index in [1.165, 1.54) is 0 Å². The summed E-state index contributed by atoms with van der Waals surface area (Å²) in [6, 6.07) is 9.31. The van der Waals surface area contributed by atoms with Gasteiger partial charge in [-0.15, -0.1) is 0 Å². The first kappa shape index (κ1) is 21.6. The molecule has 0 saturated heterocycles. The molecule has 0 bridgehead atoms. The summed E-state index contributed by atoms with van der Waals surface area (Å²) in [6.45, 7) is 10.3. The molecule has 1 aromatic carbocycles. The van der Waals surface area contributed by atoms with E-state index >= 15 is 0 Å². The molecular formula is C20H34N2O3. The largest absolute Gasteiger partial charge is 0.351 e. The highest BCUT2D eigenvalue weighted by atomic mass is 16.7. The van der Waals surface area contributed by atoms with Gasteiger partial charge in [0.2, 0.25) is 5.91 Å². The quantitative estimate of drug-likeness (QED) is 0.589. The van der Waals surface area contributed by atoms with Gasteiger partial charge in [-0.3, -0.25) is 4.79 Å². The van der Waals surface area contributed by atoms with E-state index in [0.717, 1.165) is 12.0 Å². The van der Waals surface area contributed by atoms with E-state index in [1.54, 1.807) is 4.90 Å². The molecule has 0 heterocycles. The maximum absolute atomic E-state index is 12.9. The molecule has 0 spiro atoms. The number of carbonyl (C=O) groups is 1. The van der Waals surface area contributed by atoms with E-state index in [4.69, 9.17) is 15.2 Å². The Morgan fingerprint density at radius 1 is 1.12 bits per heavy atom. The molecule has 0 aromatic heterocycles. The van der Waals surface area contributed by atoms with Gasteiger partial charge < -0.3 is 20.1 Å². The molecule has 0 fully saturated rings. The van der Waals surface area contributed by atoms with Crippen molar-refractivity contribution in [2.24, 2.45) is 11.7 Å². The van der Waals surface area contributed by atoms with Crippen molar-refractivity contribution in [2.45, 2.75) is 52.9 Å². The van der Waals surface area contributed by atoms with E-state index in [0.29, 0.717) is 38.6 Å². The second-order valence-corrected chi connectivity index (χ2v) is 6.60. The summed E-state index contributed by atoms with van der Waals surface area (Å²) in [4.78, 5) is 14.7. The van der Waals surface area contributed by atoms with Gasteiger partial charge in [0, 0.05) is 19.8 Å². The first-order valence-corrected chi connectivity index (χ1v) is 9.29. The first-order valence-electron chi connectivity index (χ1n) is 9.29. The molecule has 0 saturated carbocycles. The minimum absolute atomic E-state index is 0.0473. The van der Waals surface area contributed by atoms with Gasteiger partial charge in [-0.25, -0.2) is 0 Å². The lowest BCUT2D eigenvalue weighted by Gasteiger charge is -2.30. The van der Waals surface area contributed by atoms with Gasteiger partial charge >= 0.3 is 0 Å². The zero-order chi connectivity index (χ0) is 18.7. The standard InChI is InChI=1S/C20H34N2O3/c1-5-24-19(25-6-2)15-22(13-12-16(3)4)20(23)18(21)14-17-10-8-7-9-11-17/h7-11,16,18-19H,5-6,12-15,21H2,1-4H3/t18-/m0/s1. The first-order chi connectivity index (χ1) is 12.0. The molecule has 2 N–H and O–H groups in total. The molecule has 1 aromatic rings. The Bertz CT molecular complexity index is 473. The van der Waals surface area contributed by atoms with Crippen LogP contribution in [0.3, 0.4) is 0 Å². The maximum atomic E-state index is 12.9. The van der Waals surface area contributed by atoms with Gasteiger partial charge in [-0.05, 0) is 38.2 Å². The summed E-state index contributed by atoms with van der Waals surface area (Å²) >= 11 is 0. The minimum atomic E-state index is -0.557. The third-order valence-electron chi connectivity index (χ3n) is 3.98. The van der Waals surface area contributed by atoms with Crippen molar-refractivity contribution in [3.05, 3.63) is 35.9 Å². The summed E-state index contributed by atoms with van der Waals surface area (Å²) in [7, 11) is 0. The molecule has 1 atom stereocenters. The van der Waals surface area contributed by atoms with Crippen LogP contribution in [-0.2, 0) is 20.7 Å². The normalized spacial score (nSPS) is 12.6. The molecule has 0 aliphatic heterocycles. The van der Waals surface area contributed by atoms with Crippen LogP contribution in [0.1, 0.15) is 39.7 Å². The SMILES string of the molecule is CCOC(CN(CCC(C)C)C(=O)[C@@H](N)Cc1ccccc1)OCC. The van der Waals surface area contributed by atoms with Crippen LogP contribution < -0.4 is 5.73 Å². The van der Waals surface area contributed by atoms with Crippen LogP contribution in [0, 0.1) is 5.92 Å². The third-order valence-corrected chi connectivity index (χ3v) is 3.98. The highest BCUT2D eigenvalue weighted by Crippen LogP contribution is 2.10. The van der Waals surface area contributed by atoms with Crippen LogP contribution in [0.5, 0.6) is 0 Å². The Balaban J connectivity index is 2.75. The van der Waals surface area contributed by atoms with Crippen molar-refractivity contribution in [1.82, 2.24) is 4.90 Å². The summed E-state index contributed by atoms with van der Waals surface area (Å²) in [5, 5.41) is 0. The highest BCUT2D eigenvalue weighted by molar-refractivity contribution is 5.82. The Kier molecular flexibility index (Phi) is 10.4. The number of nitrogens with zero attached hydrogens (tertiary/aromatic N) is 1. The minimum Gasteiger partial charge on any atom is -0.351 e. The summed E-state index contributed by atoms with van der Waals surface area (Å²) < 4.78 is 11.2. The lowest BCUT2D eigenvalue weighted by molar-refractivity contribution is -0.159. The van der Waals surface area contributed by atoms with Crippen LogP contribution in [0.15, 0.2) is 30.3 Å². The summed E-state index contributed by atoms with van der Waals surface area (Å²) in [5.74, 6) is 0.465. The second-order valence-electron chi connectivity index (χ2n) is 6.60. The fraction of sp³-hybridized carbons (Fsp3) is 0.650. The van der Waals surface area contributed by atoms with Gasteiger partial charge in [-0.2, -0.15) is 0 Å². The zero-order valence-electron chi connectivity index (χ0n) is 16.1. The predicted octanol–water partition coefficient (Wildman–Crippen LogP) is 2.83. The average molecular weight is 351 g/mol. The van der Waals surface area contributed by atoms with Crippen LogP contribution in [0.25, 0.3) is 0 Å². The van der Waals surface area contributed by atoms with Crippen LogP contribution in [0.2, 0.25) is 0 Å². The molecular weight excluding hydrogens is 316 g/mol. The Morgan fingerprint density at radius 3 is 2.24 bits per heavy atom. The number of nitrogens with two attached hydrogens (primary N) is 1. The van der Waals surface area contributed by atoms with E-state index in [1.807, 2.05) is 44.2 Å². The van der Waals surface area contributed by atoms with Crippen LogP contribution in [-0.4, -0.2) is 49.4 Å². The third kappa shape index (κ3) is 8.47. The fourth-order valence-corrected chi connectivity index (χ4v) is 2.60. The lowest BCUT2D eigenvalue weighted by atomic mass is 10.0. The molecule has 0 unspecified atom stereocenters. The molecule has 25 heavy (non-hydrogen) atoms. The van der Waals surface area contributed by atoms with Crippen molar-refractivity contribution < 1.29 is 14.3 Å². The van der Waals surface area contributed by atoms with E-state index in [9.17, 15) is 4.79 Å². The summed E-state index contributed by atoms with van der Waals surface area (Å²) in [5.41, 5.74) is 7.28. The number of amides is 1. The summed E-state index contributed by atoms with van der Waals surface area (Å²) in [6.07, 6.45) is 1.05. The second kappa shape index (κ2) is 12.0. The van der Waals surface area contributed by atoms with Crippen molar-refractivity contribution in [3.8, 4) is 0 Å².